The molecule has 30 heavy (non-hydrogen) atoms. The second kappa shape index (κ2) is 10.0. The number of aryl methyl sites for hydroxylation is 1. The fourth-order valence-electron chi connectivity index (χ4n) is 2.40. The quantitative estimate of drug-likeness (QED) is 0.354. The van der Waals surface area contributed by atoms with E-state index in [1.54, 1.807) is 13.0 Å². The summed E-state index contributed by atoms with van der Waals surface area (Å²) < 4.78 is 43.8. The Morgan fingerprint density at radius 1 is 1.33 bits per heavy atom. The Bertz CT molecular complexity index is 1080. The zero-order chi connectivity index (χ0) is 22.5. The molecule has 0 aliphatic rings. The van der Waals surface area contributed by atoms with Gasteiger partial charge in [0.1, 0.15) is 5.75 Å². The lowest BCUT2D eigenvalue weighted by molar-refractivity contribution is -0.137. The maximum absolute atomic E-state index is 12.8. The summed E-state index contributed by atoms with van der Waals surface area (Å²) in [6.45, 7) is 1.41. The van der Waals surface area contributed by atoms with Crippen molar-refractivity contribution < 1.29 is 37.3 Å². The molecule has 3 N–H and O–H groups in total. The van der Waals surface area contributed by atoms with E-state index >= 15 is 0 Å². The van der Waals surface area contributed by atoms with Crippen LogP contribution in [0.5, 0.6) is 5.75 Å². The first-order chi connectivity index (χ1) is 14.1. The van der Waals surface area contributed by atoms with Gasteiger partial charge in [-0.25, -0.2) is 4.98 Å². The number of fused-ring (bicyclic) bond motifs is 1. The first-order valence-corrected chi connectivity index (χ1v) is 9.88. The van der Waals surface area contributed by atoms with Gasteiger partial charge >= 0.3 is 6.18 Å². The molecule has 160 valence electrons. The van der Waals surface area contributed by atoms with Crippen LogP contribution in [0.15, 0.2) is 30.3 Å². The van der Waals surface area contributed by atoms with Crippen LogP contribution in [0.2, 0.25) is 5.02 Å². The van der Waals surface area contributed by atoms with Crippen molar-refractivity contribution in [1.82, 2.24) is 4.98 Å². The number of hydrogen-bond acceptors (Lipinski definition) is 6. The number of rotatable bonds is 4. The van der Waals surface area contributed by atoms with Crippen LogP contribution in [-0.4, -0.2) is 27.4 Å². The molecule has 0 spiro atoms. The number of benzene rings is 2. The molecule has 1 amide bonds. The average molecular weight is 481 g/mol. The van der Waals surface area contributed by atoms with E-state index in [1.807, 2.05) is 0 Å². The molecule has 2 aromatic carbocycles. The fourth-order valence-corrected chi connectivity index (χ4v) is 3.93. The monoisotopic (exact) mass is 480 g/mol. The lowest BCUT2D eigenvalue weighted by Crippen LogP contribution is -2.13. The Hall–Kier alpha value is -2.46. The van der Waals surface area contributed by atoms with E-state index in [-0.39, 0.29) is 27.6 Å². The van der Waals surface area contributed by atoms with Crippen molar-refractivity contribution in [3.63, 3.8) is 0 Å². The van der Waals surface area contributed by atoms with Gasteiger partial charge in [0.05, 0.1) is 21.3 Å². The third-order valence-corrected chi connectivity index (χ3v) is 5.02. The van der Waals surface area contributed by atoms with Gasteiger partial charge in [-0.2, -0.15) is 13.2 Å². The molecule has 1 heterocycles. The minimum Gasteiger partial charge on any atom is -0.483 e. The van der Waals surface area contributed by atoms with E-state index in [2.05, 4.69) is 10.3 Å². The number of halogens is 4. The van der Waals surface area contributed by atoms with Gasteiger partial charge in [-0.05, 0) is 42.8 Å². The molecule has 0 saturated heterocycles. The largest absolute Gasteiger partial charge is 0.483 e. The number of anilines is 1. The number of nitrogens with one attached hydrogen (secondary N) is 1. The third kappa shape index (κ3) is 5.79. The average Bonchev–Trinajstić information content (AvgIpc) is 3.05. The second-order valence-electron chi connectivity index (χ2n) is 5.55. The smallest absolute Gasteiger partial charge is 0.416 e. The van der Waals surface area contributed by atoms with E-state index in [1.165, 1.54) is 12.1 Å². The maximum Gasteiger partial charge on any atom is 0.416 e. The molecule has 0 radical (unpaired) electrons. The van der Waals surface area contributed by atoms with Gasteiger partial charge < -0.3 is 14.5 Å². The maximum atomic E-state index is 12.8. The number of carbonyl (C=O) groups excluding carboxylic acids is 1. The van der Waals surface area contributed by atoms with Crippen LogP contribution >= 0.6 is 32.0 Å². The molecule has 0 fully saturated rings. The highest BCUT2D eigenvalue weighted by Gasteiger charge is 2.30. The molecule has 7 nitrogen and oxygen atoms in total. The van der Waals surface area contributed by atoms with Crippen molar-refractivity contribution in [1.29, 1.82) is 0 Å². The van der Waals surface area contributed by atoms with Crippen molar-refractivity contribution >= 4 is 59.7 Å². The number of thiazole rings is 1. The number of nitrogens with zero attached hydrogens (tertiary/aromatic N) is 1. The summed E-state index contributed by atoms with van der Waals surface area (Å²) in [5.74, 6) is -0.442. The van der Waals surface area contributed by atoms with Crippen LogP contribution in [0.4, 0.5) is 18.3 Å². The minimum atomic E-state index is -4.46. The first kappa shape index (κ1) is 23.8. The summed E-state index contributed by atoms with van der Waals surface area (Å²) in [6.07, 6.45) is -4.46. The molecule has 3 rings (SSSR count). The predicted molar refractivity (Wildman–Crippen MR) is 109 cm³/mol. The predicted octanol–water partition coefficient (Wildman–Crippen LogP) is 5.11. The molecule has 0 aliphatic carbocycles. The van der Waals surface area contributed by atoms with Gasteiger partial charge in [-0.15, -0.1) is 0 Å². The number of amides is 1. The minimum absolute atomic E-state index is 0.0804. The normalized spacial score (nSPS) is 11.3. The van der Waals surface area contributed by atoms with Gasteiger partial charge in [-0.1, -0.05) is 22.9 Å². The zero-order valence-corrected chi connectivity index (χ0v) is 17.5. The topological polar surface area (TPSA) is 109 Å². The van der Waals surface area contributed by atoms with E-state index < -0.39 is 26.7 Å². The van der Waals surface area contributed by atoms with Gasteiger partial charge in [0.15, 0.2) is 5.13 Å². The highest BCUT2D eigenvalue weighted by Crippen LogP contribution is 2.35. The van der Waals surface area contributed by atoms with Crippen molar-refractivity contribution in [2.75, 3.05) is 5.32 Å². The van der Waals surface area contributed by atoms with Gasteiger partial charge in [0, 0.05) is 5.02 Å². The Kier molecular flexibility index (Phi) is 7.96. The molecule has 0 bridgehead atoms. The molecule has 1 atom stereocenters. The number of alkyl halides is 3. The van der Waals surface area contributed by atoms with Gasteiger partial charge in [-0.3, -0.25) is 14.9 Å². The summed E-state index contributed by atoms with van der Waals surface area (Å²) in [4.78, 5) is 34.1. The van der Waals surface area contributed by atoms with Gasteiger partial charge in [0.2, 0.25) is 9.03 Å². The molecule has 0 saturated carbocycles. The van der Waals surface area contributed by atoms with Gasteiger partial charge in [0.25, 0.3) is 12.4 Å². The van der Waals surface area contributed by atoms with Crippen LogP contribution in [0.1, 0.15) is 21.5 Å². The number of carboxylic acid groups (broad SMARTS) is 1. The Labute approximate surface area is 178 Å². The van der Waals surface area contributed by atoms with E-state index in [9.17, 15) is 18.0 Å². The highest BCUT2D eigenvalue weighted by molar-refractivity contribution is 7.25. The van der Waals surface area contributed by atoms with E-state index in [0.29, 0.717) is 16.1 Å². The Morgan fingerprint density at radius 3 is 2.60 bits per heavy atom. The van der Waals surface area contributed by atoms with Crippen LogP contribution < -0.4 is 9.84 Å². The van der Waals surface area contributed by atoms with Crippen LogP contribution in [0, 0.1) is 6.92 Å². The summed E-state index contributed by atoms with van der Waals surface area (Å²) in [6, 6.07) is 6.10. The molecule has 3 aromatic rings. The van der Waals surface area contributed by atoms with Crippen LogP contribution in [0.3, 0.4) is 0 Å². The first-order valence-electron chi connectivity index (χ1n) is 7.83. The van der Waals surface area contributed by atoms with E-state index in [0.717, 1.165) is 23.5 Å². The summed E-state index contributed by atoms with van der Waals surface area (Å²) in [7, 11) is -0.872. The van der Waals surface area contributed by atoms with Crippen molar-refractivity contribution in [2.24, 2.45) is 0 Å². The fraction of sp³-hybridized carbons (Fsp3) is 0.118. The number of carbonyl (C=O) groups is 2. The molecular weight excluding hydrogens is 468 g/mol. The van der Waals surface area contributed by atoms with Crippen molar-refractivity contribution in [3.05, 3.63) is 52.0 Å². The summed E-state index contributed by atoms with van der Waals surface area (Å²) in [5, 5.41) is 9.84. The van der Waals surface area contributed by atoms with E-state index in [4.69, 9.17) is 30.9 Å². The molecule has 1 unspecified atom stereocenters. The lowest BCUT2D eigenvalue weighted by Gasteiger charge is -2.12. The Morgan fingerprint density at radius 2 is 2.00 bits per heavy atom. The number of aromatic nitrogens is 1. The highest BCUT2D eigenvalue weighted by atomic mass is 35.5. The SMILES string of the molecule is Cc1cc(Cl)cc(C(=O)Nc2nc3ccc(C(F)(F)F)cc3s2)c1OPO.O=CO. The van der Waals surface area contributed by atoms with Crippen LogP contribution in [0.25, 0.3) is 10.2 Å². The Balaban J connectivity index is 0.00000101. The number of hydrogen-bond donors (Lipinski definition) is 3. The third-order valence-electron chi connectivity index (χ3n) is 3.57. The molecule has 1 aromatic heterocycles. The van der Waals surface area contributed by atoms with Crippen LogP contribution in [-0.2, 0) is 11.0 Å². The molecule has 0 aliphatic heterocycles. The second-order valence-corrected chi connectivity index (χ2v) is 7.41. The molecule has 13 heteroatoms. The van der Waals surface area contributed by atoms with Crippen molar-refractivity contribution in [2.45, 2.75) is 13.1 Å². The zero-order valence-electron chi connectivity index (χ0n) is 15.0. The lowest BCUT2D eigenvalue weighted by atomic mass is 10.1. The summed E-state index contributed by atoms with van der Waals surface area (Å²) in [5.41, 5.74) is 0.172. The molecular formula is C17H13ClF3N2O5PS. The van der Waals surface area contributed by atoms with Crippen molar-refractivity contribution in [3.8, 4) is 5.75 Å². The summed E-state index contributed by atoms with van der Waals surface area (Å²) >= 11 is 6.89. The standard InChI is InChI=1S/C16H11ClF3N2O3PS.CH2O2/c1-7-4-9(17)6-10(13(7)25-26-24)14(23)22-15-21-11-3-2-8(16(18,19)20)5-12(11)27-15;2-1-3/h2-6,24,26H,1H3,(H,21,22,23);1H,(H,2,3).